The fraction of sp³-hybridized carbons (Fsp3) is 0.632. The van der Waals surface area contributed by atoms with Crippen molar-refractivity contribution in [2.75, 3.05) is 25.9 Å². The number of amides is 1. The highest BCUT2D eigenvalue weighted by atomic mass is 32.2. The highest BCUT2D eigenvalue weighted by Gasteiger charge is 2.35. The Morgan fingerprint density at radius 2 is 1.86 bits per heavy atom. The second-order valence-corrected chi connectivity index (χ2v) is 10.8. The van der Waals surface area contributed by atoms with Crippen LogP contribution < -0.4 is 0 Å². The fourth-order valence-corrected chi connectivity index (χ4v) is 6.11. The minimum Gasteiger partial charge on any atom is -0.423 e. The van der Waals surface area contributed by atoms with Crippen molar-refractivity contribution >= 4 is 27.3 Å². The number of rotatable bonds is 4. The van der Waals surface area contributed by atoms with E-state index in [0.29, 0.717) is 37.8 Å². The average molecular weight is 439 g/mol. The third-order valence-corrected chi connectivity index (χ3v) is 8.02. The van der Waals surface area contributed by atoms with E-state index >= 15 is 0 Å². The van der Waals surface area contributed by atoms with Gasteiger partial charge in [-0.3, -0.25) is 4.79 Å². The molecule has 2 fully saturated rings. The number of likely N-dealkylation sites (tertiary alicyclic amines) is 1. The number of hydrogen-bond acceptors (Lipinski definition) is 7. The summed E-state index contributed by atoms with van der Waals surface area (Å²) in [7, 11) is -3.32. The Morgan fingerprint density at radius 1 is 1.14 bits per heavy atom. The molecule has 2 saturated heterocycles. The van der Waals surface area contributed by atoms with Crippen LogP contribution in [0.1, 0.15) is 71.1 Å². The number of carbonyl (C=O) groups is 1. The summed E-state index contributed by atoms with van der Waals surface area (Å²) in [6.07, 6.45) is 5.24. The zero-order chi connectivity index (χ0) is 20.6. The Kier molecular flexibility index (Phi) is 5.76. The van der Waals surface area contributed by atoms with Crippen LogP contribution in [0.3, 0.4) is 0 Å². The molecule has 158 valence electrons. The third-order valence-electron chi connectivity index (χ3n) is 5.69. The van der Waals surface area contributed by atoms with E-state index in [9.17, 15) is 13.2 Å². The van der Waals surface area contributed by atoms with E-state index in [2.05, 4.69) is 10.2 Å². The van der Waals surface area contributed by atoms with Crippen molar-refractivity contribution in [3.8, 4) is 0 Å². The highest BCUT2D eigenvalue weighted by molar-refractivity contribution is 7.88. The lowest BCUT2D eigenvalue weighted by Gasteiger charge is -2.31. The summed E-state index contributed by atoms with van der Waals surface area (Å²) in [6.45, 7) is 3.78. The van der Waals surface area contributed by atoms with E-state index in [4.69, 9.17) is 4.42 Å². The van der Waals surface area contributed by atoms with E-state index < -0.39 is 10.0 Å². The Morgan fingerprint density at radius 3 is 2.52 bits per heavy atom. The maximum atomic E-state index is 12.6. The van der Waals surface area contributed by atoms with Crippen LogP contribution in [-0.4, -0.2) is 59.6 Å². The lowest BCUT2D eigenvalue weighted by molar-refractivity contribution is 0.0710. The lowest BCUT2D eigenvalue weighted by Crippen LogP contribution is -2.38. The van der Waals surface area contributed by atoms with Crippen molar-refractivity contribution in [3.05, 3.63) is 33.7 Å². The molecule has 0 aromatic carbocycles. The molecule has 2 aromatic rings. The van der Waals surface area contributed by atoms with Crippen LogP contribution in [-0.2, 0) is 10.0 Å². The Balaban J connectivity index is 1.41. The van der Waals surface area contributed by atoms with Crippen molar-refractivity contribution in [2.24, 2.45) is 0 Å². The summed E-state index contributed by atoms with van der Waals surface area (Å²) in [5.74, 6) is 1.12. The molecule has 0 bridgehead atoms. The van der Waals surface area contributed by atoms with Gasteiger partial charge in [0.1, 0.15) is 6.04 Å². The SMILES string of the molecule is Cc1csc(C(=O)N2CCC(c3nnc([C@@H]4CCCCN4S(C)(=O)=O)o3)CC2)c1. The van der Waals surface area contributed by atoms with Gasteiger partial charge in [0.05, 0.1) is 11.1 Å². The maximum Gasteiger partial charge on any atom is 0.263 e. The number of carbonyl (C=O) groups excluding carboxylic acids is 1. The van der Waals surface area contributed by atoms with Crippen LogP contribution in [0.15, 0.2) is 15.9 Å². The van der Waals surface area contributed by atoms with Gasteiger partial charge in [0, 0.05) is 25.6 Å². The van der Waals surface area contributed by atoms with E-state index in [1.165, 1.54) is 21.9 Å². The Hall–Kier alpha value is -1.78. The van der Waals surface area contributed by atoms with Gasteiger partial charge in [0.15, 0.2) is 0 Å². The molecule has 0 N–H and O–H groups in total. The van der Waals surface area contributed by atoms with Crippen molar-refractivity contribution in [2.45, 2.75) is 51.0 Å². The van der Waals surface area contributed by atoms with Crippen LogP contribution in [0.4, 0.5) is 0 Å². The largest absolute Gasteiger partial charge is 0.423 e. The average Bonchev–Trinajstić information content (AvgIpc) is 3.36. The minimum absolute atomic E-state index is 0.0822. The van der Waals surface area contributed by atoms with Crippen molar-refractivity contribution in [1.29, 1.82) is 0 Å². The molecule has 8 nitrogen and oxygen atoms in total. The maximum absolute atomic E-state index is 12.6. The molecule has 0 spiro atoms. The van der Waals surface area contributed by atoms with Crippen LogP contribution in [0, 0.1) is 6.92 Å². The van der Waals surface area contributed by atoms with Gasteiger partial charge in [0.25, 0.3) is 5.91 Å². The van der Waals surface area contributed by atoms with E-state index in [-0.39, 0.29) is 17.9 Å². The molecule has 2 aromatic heterocycles. The van der Waals surface area contributed by atoms with Gasteiger partial charge in [-0.25, -0.2) is 8.42 Å². The molecular formula is C19H26N4O4S2. The molecule has 0 aliphatic carbocycles. The zero-order valence-corrected chi connectivity index (χ0v) is 18.3. The monoisotopic (exact) mass is 438 g/mol. The van der Waals surface area contributed by atoms with Gasteiger partial charge in [-0.1, -0.05) is 6.42 Å². The molecule has 10 heteroatoms. The first-order valence-corrected chi connectivity index (χ1v) is 12.7. The smallest absolute Gasteiger partial charge is 0.263 e. The normalized spacial score (nSPS) is 22.1. The van der Waals surface area contributed by atoms with E-state index in [1.807, 2.05) is 23.3 Å². The highest BCUT2D eigenvalue weighted by Crippen LogP contribution is 2.34. The van der Waals surface area contributed by atoms with Gasteiger partial charge in [-0.15, -0.1) is 21.5 Å². The zero-order valence-electron chi connectivity index (χ0n) is 16.7. The first-order chi connectivity index (χ1) is 13.8. The van der Waals surface area contributed by atoms with Gasteiger partial charge < -0.3 is 9.32 Å². The fourth-order valence-electron chi connectivity index (χ4n) is 4.12. The number of thiophene rings is 1. The van der Waals surface area contributed by atoms with Crippen molar-refractivity contribution in [1.82, 2.24) is 19.4 Å². The van der Waals surface area contributed by atoms with Crippen LogP contribution in [0.5, 0.6) is 0 Å². The predicted molar refractivity (Wildman–Crippen MR) is 109 cm³/mol. The molecule has 0 saturated carbocycles. The first-order valence-electron chi connectivity index (χ1n) is 9.97. The topological polar surface area (TPSA) is 96.6 Å². The quantitative estimate of drug-likeness (QED) is 0.728. The molecule has 4 heterocycles. The Bertz CT molecular complexity index is 976. The van der Waals surface area contributed by atoms with Gasteiger partial charge in [0.2, 0.25) is 21.8 Å². The number of aromatic nitrogens is 2. The molecular weight excluding hydrogens is 412 g/mol. The molecule has 2 aliphatic heterocycles. The van der Waals surface area contributed by atoms with Crippen molar-refractivity contribution in [3.63, 3.8) is 0 Å². The number of aryl methyl sites for hydroxylation is 1. The Labute approximate surface area is 175 Å². The summed E-state index contributed by atoms with van der Waals surface area (Å²) < 4.78 is 31.6. The molecule has 0 unspecified atom stereocenters. The second-order valence-electron chi connectivity index (χ2n) is 7.92. The summed E-state index contributed by atoms with van der Waals surface area (Å²) >= 11 is 1.48. The van der Waals surface area contributed by atoms with Crippen LogP contribution >= 0.6 is 11.3 Å². The predicted octanol–water partition coefficient (Wildman–Crippen LogP) is 2.95. The number of piperidine rings is 2. The summed E-state index contributed by atoms with van der Waals surface area (Å²) in [5.41, 5.74) is 1.11. The standard InChI is InChI=1S/C19H26N4O4S2/c1-13-11-16(28-12-13)19(24)22-9-6-14(7-10-22)17-20-21-18(27-17)15-5-3-4-8-23(15)29(2,25)26/h11-12,14-15H,3-10H2,1-2H3/t15-/m0/s1. The van der Waals surface area contributed by atoms with E-state index in [1.54, 1.807) is 0 Å². The third kappa shape index (κ3) is 4.39. The van der Waals surface area contributed by atoms with Crippen molar-refractivity contribution < 1.29 is 17.6 Å². The molecule has 0 radical (unpaired) electrons. The second kappa shape index (κ2) is 8.16. The molecule has 29 heavy (non-hydrogen) atoms. The number of sulfonamides is 1. The van der Waals surface area contributed by atoms with Gasteiger partial charge in [-0.05, 0) is 49.6 Å². The summed E-state index contributed by atoms with van der Waals surface area (Å²) in [4.78, 5) is 15.3. The molecule has 1 amide bonds. The minimum atomic E-state index is -3.32. The number of nitrogens with zero attached hydrogens (tertiary/aromatic N) is 4. The summed E-state index contributed by atoms with van der Waals surface area (Å²) in [5, 5.41) is 10.4. The number of hydrogen-bond donors (Lipinski definition) is 0. The summed E-state index contributed by atoms with van der Waals surface area (Å²) in [6, 6.07) is 1.56. The van der Waals surface area contributed by atoms with Crippen LogP contribution in [0.2, 0.25) is 0 Å². The first kappa shape index (κ1) is 20.5. The van der Waals surface area contributed by atoms with Gasteiger partial charge in [-0.2, -0.15) is 4.31 Å². The van der Waals surface area contributed by atoms with E-state index in [0.717, 1.165) is 36.1 Å². The molecule has 4 rings (SSSR count). The van der Waals surface area contributed by atoms with Gasteiger partial charge >= 0.3 is 0 Å². The molecule has 2 aliphatic rings. The lowest BCUT2D eigenvalue weighted by atomic mass is 9.96. The molecule has 1 atom stereocenters. The van der Waals surface area contributed by atoms with Crippen LogP contribution in [0.25, 0.3) is 0 Å².